The highest BCUT2D eigenvalue weighted by molar-refractivity contribution is 6.44. The molecule has 0 fully saturated rings. The van der Waals surface area contributed by atoms with E-state index in [9.17, 15) is 0 Å². The van der Waals surface area contributed by atoms with Gasteiger partial charge in [-0.25, -0.2) is 10.8 Å². The lowest BCUT2D eigenvalue weighted by Gasteiger charge is -2.11. The second-order valence-electron chi connectivity index (χ2n) is 3.09. The minimum absolute atomic E-state index is 0.395. The van der Waals surface area contributed by atoms with Gasteiger partial charge in [-0.1, -0.05) is 29.3 Å². The lowest BCUT2D eigenvalue weighted by Crippen LogP contribution is -2.36. The number of guanidine groups is 1. The first-order valence-electron chi connectivity index (χ1n) is 4.90. The van der Waals surface area contributed by atoms with Crippen LogP contribution in [0.3, 0.4) is 0 Å². The van der Waals surface area contributed by atoms with Crippen LogP contribution in [0.1, 0.15) is 0 Å². The number of rotatable bonds is 4. The maximum atomic E-state index is 6.01. The van der Waals surface area contributed by atoms with Gasteiger partial charge in [0.15, 0.2) is 0 Å². The minimum Gasteiger partial charge on any atom is -0.383 e. The van der Waals surface area contributed by atoms with Crippen molar-refractivity contribution in [1.82, 2.24) is 5.43 Å². The highest BCUT2D eigenvalue weighted by Crippen LogP contribution is 2.29. The topological polar surface area (TPSA) is 71.7 Å². The highest BCUT2D eigenvalue weighted by atomic mass is 35.5. The van der Waals surface area contributed by atoms with Gasteiger partial charge < -0.3 is 10.1 Å². The van der Waals surface area contributed by atoms with E-state index in [2.05, 4.69) is 15.7 Å². The molecule has 7 heteroatoms. The molecule has 17 heavy (non-hydrogen) atoms. The normalized spacial score (nSPS) is 11.4. The fourth-order valence-electron chi connectivity index (χ4n) is 1.10. The van der Waals surface area contributed by atoms with Crippen LogP contribution in [0, 0.1) is 0 Å². The summed E-state index contributed by atoms with van der Waals surface area (Å²) in [4.78, 5) is 4.14. The zero-order chi connectivity index (χ0) is 12.7. The van der Waals surface area contributed by atoms with Gasteiger partial charge >= 0.3 is 0 Å². The number of hydrazine groups is 1. The van der Waals surface area contributed by atoms with Gasteiger partial charge in [0, 0.05) is 7.11 Å². The summed E-state index contributed by atoms with van der Waals surface area (Å²) in [6.45, 7) is 0.997. The maximum Gasteiger partial charge on any atom is 0.210 e. The molecule has 0 amide bonds. The fourth-order valence-corrected chi connectivity index (χ4v) is 1.45. The molecule has 0 aromatic heterocycles. The molecular weight excluding hydrogens is 263 g/mol. The molecule has 0 saturated carbocycles. The molecular formula is C10H14Cl2N4O. The predicted octanol–water partition coefficient (Wildman–Crippen LogP) is 1.87. The van der Waals surface area contributed by atoms with Gasteiger partial charge in [0.05, 0.1) is 28.9 Å². The molecule has 0 spiro atoms. The summed E-state index contributed by atoms with van der Waals surface area (Å²) in [7, 11) is 1.60. The zero-order valence-corrected chi connectivity index (χ0v) is 10.8. The van der Waals surface area contributed by atoms with E-state index in [-0.39, 0.29) is 0 Å². The Labute approximate surface area is 110 Å². The van der Waals surface area contributed by atoms with Crippen molar-refractivity contribution < 1.29 is 4.74 Å². The number of hydrogen-bond acceptors (Lipinski definition) is 3. The lowest BCUT2D eigenvalue weighted by molar-refractivity contribution is 0.208. The third kappa shape index (κ3) is 4.40. The van der Waals surface area contributed by atoms with Gasteiger partial charge in [0.1, 0.15) is 0 Å². The van der Waals surface area contributed by atoms with E-state index in [1.165, 1.54) is 0 Å². The third-order valence-electron chi connectivity index (χ3n) is 1.91. The standard InChI is InChI=1S/C10H14Cl2N4O/c1-17-6-5-14-10(16-13)15-8-4-2-3-7(11)9(8)12/h2-4H,5-6,13H2,1H3,(H2,14,15,16). The molecule has 0 unspecified atom stereocenters. The first kappa shape index (κ1) is 14.1. The van der Waals surface area contributed by atoms with Crippen LogP contribution in [-0.4, -0.2) is 26.2 Å². The summed E-state index contributed by atoms with van der Waals surface area (Å²) < 4.78 is 4.88. The number of nitrogens with zero attached hydrogens (tertiary/aromatic N) is 1. The summed E-state index contributed by atoms with van der Waals surface area (Å²) in [5.74, 6) is 5.73. The molecule has 1 aromatic rings. The Morgan fingerprint density at radius 1 is 1.47 bits per heavy atom. The van der Waals surface area contributed by atoms with Crippen LogP contribution in [0.15, 0.2) is 23.2 Å². The highest BCUT2D eigenvalue weighted by Gasteiger charge is 2.05. The number of benzene rings is 1. The summed E-state index contributed by atoms with van der Waals surface area (Å²) in [6.07, 6.45) is 0. The largest absolute Gasteiger partial charge is 0.383 e. The first-order valence-corrected chi connectivity index (χ1v) is 5.65. The van der Waals surface area contributed by atoms with Gasteiger partial charge in [-0.05, 0) is 12.1 Å². The van der Waals surface area contributed by atoms with Crippen LogP contribution in [0.25, 0.3) is 0 Å². The van der Waals surface area contributed by atoms with Crippen LogP contribution in [0.4, 0.5) is 5.69 Å². The van der Waals surface area contributed by atoms with Gasteiger partial charge in [-0.2, -0.15) is 0 Å². The van der Waals surface area contributed by atoms with E-state index >= 15 is 0 Å². The summed E-state index contributed by atoms with van der Waals surface area (Å²) in [5, 5.41) is 3.82. The molecule has 0 saturated heterocycles. The summed E-state index contributed by atoms with van der Waals surface area (Å²) >= 11 is 11.9. The number of aliphatic imine (C=N–C) groups is 1. The Bertz CT molecular complexity index is 398. The van der Waals surface area contributed by atoms with Crippen LogP contribution in [-0.2, 0) is 4.74 Å². The van der Waals surface area contributed by atoms with Gasteiger partial charge in [0.25, 0.3) is 0 Å². The van der Waals surface area contributed by atoms with E-state index in [4.69, 9.17) is 33.8 Å². The van der Waals surface area contributed by atoms with Gasteiger partial charge in [0.2, 0.25) is 5.96 Å². The molecule has 0 aliphatic heterocycles. The van der Waals surface area contributed by atoms with E-state index in [1.54, 1.807) is 25.3 Å². The van der Waals surface area contributed by atoms with Crippen molar-refractivity contribution in [3.63, 3.8) is 0 Å². The van der Waals surface area contributed by atoms with E-state index in [0.717, 1.165) is 0 Å². The van der Waals surface area contributed by atoms with E-state index < -0.39 is 0 Å². The fraction of sp³-hybridized carbons (Fsp3) is 0.300. The molecule has 1 rings (SSSR count). The molecule has 0 bridgehead atoms. The maximum absolute atomic E-state index is 6.01. The van der Waals surface area contributed by atoms with Crippen LogP contribution in [0.5, 0.6) is 0 Å². The Balaban J connectivity index is 2.73. The van der Waals surface area contributed by atoms with E-state index in [1.807, 2.05) is 0 Å². The van der Waals surface area contributed by atoms with Crippen molar-refractivity contribution in [2.75, 3.05) is 25.6 Å². The van der Waals surface area contributed by atoms with Crippen molar-refractivity contribution >= 4 is 34.8 Å². The average Bonchev–Trinajstić information content (AvgIpc) is 2.33. The SMILES string of the molecule is COCCN=C(NN)Nc1cccc(Cl)c1Cl. The van der Waals surface area contributed by atoms with Crippen LogP contribution < -0.4 is 16.6 Å². The quantitative estimate of drug-likeness (QED) is 0.258. The molecule has 0 atom stereocenters. The molecule has 0 aliphatic rings. The predicted molar refractivity (Wildman–Crippen MR) is 71.6 cm³/mol. The van der Waals surface area contributed by atoms with Crippen molar-refractivity contribution in [2.45, 2.75) is 0 Å². The van der Waals surface area contributed by atoms with Crippen molar-refractivity contribution in [1.29, 1.82) is 0 Å². The minimum atomic E-state index is 0.395. The Morgan fingerprint density at radius 3 is 2.88 bits per heavy atom. The number of nitrogens with one attached hydrogen (secondary N) is 2. The smallest absolute Gasteiger partial charge is 0.210 e. The number of ether oxygens (including phenoxy) is 1. The second kappa shape index (κ2) is 7.34. The molecule has 4 N–H and O–H groups in total. The number of anilines is 1. The first-order chi connectivity index (χ1) is 8.19. The number of methoxy groups -OCH3 is 1. The Kier molecular flexibility index (Phi) is 6.07. The number of halogens is 2. The Hall–Kier alpha value is -1.01. The second-order valence-corrected chi connectivity index (χ2v) is 3.88. The molecule has 5 nitrogen and oxygen atoms in total. The molecule has 0 radical (unpaired) electrons. The van der Waals surface area contributed by atoms with Crippen molar-refractivity contribution in [3.8, 4) is 0 Å². The Morgan fingerprint density at radius 2 is 2.24 bits per heavy atom. The van der Waals surface area contributed by atoms with Crippen molar-refractivity contribution in [2.24, 2.45) is 10.8 Å². The van der Waals surface area contributed by atoms with Crippen LogP contribution in [0.2, 0.25) is 10.0 Å². The lowest BCUT2D eigenvalue weighted by atomic mass is 10.3. The monoisotopic (exact) mass is 276 g/mol. The molecule has 0 heterocycles. The van der Waals surface area contributed by atoms with Crippen molar-refractivity contribution in [3.05, 3.63) is 28.2 Å². The summed E-state index contributed by atoms with van der Waals surface area (Å²) in [6, 6.07) is 5.25. The number of hydrogen-bond donors (Lipinski definition) is 3. The molecule has 0 aliphatic carbocycles. The van der Waals surface area contributed by atoms with E-state index in [0.29, 0.717) is 34.8 Å². The average molecular weight is 277 g/mol. The zero-order valence-electron chi connectivity index (χ0n) is 9.34. The molecule has 94 valence electrons. The van der Waals surface area contributed by atoms with Gasteiger partial charge in [-0.3, -0.25) is 5.43 Å². The summed E-state index contributed by atoms with van der Waals surface area (Å²) in [5.41, 5.74) is 3.07. The van der Waals surface area contributed by atoms with Gasteiger partial charge in [-0.15, -0.1) is 0 Å². The number of nitrogens with two attached hydrogens (primary N) is 1. The third-order valence-corrected chi connectivity index (χ3v) is 2.73. The van der Waals surface area contributed by atoms with Crippen LogP contribution >= 0.6 is 23.2 Å². The molecule has 1 aromatic carbocycles.